The van der Waals surface area contributed by atoms with Crippen molar-refractivity contribution < 1.29 is 9.53 Å². The minimum absolute atomic E-state index is 0.174. The third-order valence-electron chi connectivity index (χ3n) is 5.64. The van der Waals surface area contributed by atoms with E-state index >= 15 is 0 Å². The van der Waals surface area contributed by atoms with Crippen LogP contribution in [0.2, 0.25) is 0 Å². The summed E-state index contributed by atoms with van der Waals surface area (Å²) in [5, 5.41) is 4.34. The summed E-state index contributed by atoms with van der Waals surface area (Å²) in [7, 11) is 0. The topological polar surface area (TPSA) is 50.7 Å². The summed E-state index contributed by atoms with van der Waals surface area (Å²) in [6, 6.07) is 25.7. The lowest BCUT2D eigenvalue weighted by molar-refractivity contribution is 0.0954. The van der Waals surface area contributed by atoms with Gasteiger partial charge in [-0.05, 0) is 60.9 Å². The van der Waals surface area contributed by atoms with Crippen molar-refractivity contribution in [3.8, 4) is 16.9 Å². The van der Waals surface area contributed by atoms with Gasteiger partial charge in [-0.1, -0.05) is 67.6 Å². The van der Waals surface area contributed by atoms with Crippen molar-refractivity contribution in [1.82, 2.24) is 5.43 Å². The SMILES string of the molecule is C[C@H]1CCC/C(=N/NC(=O)c2ccc(COc3ccccc3-c3ccccc3)cc2)C1. The lowest BCUT2D eigenvalue weighted by Crippen LogP contribution is -2.22. The summed E-state index contributed by atoms with van der Waals surface area (Å²) >= 11 is 0. The number of amides is 1. The van der Waals surface area contributed by atoms with Gasteiger partial charge in [0.25, 0.3) is 5.91 Å². The molecule has 0 unspecified atom stereocenters. The Bertz CT molecular complexity index is 1040. The highest BCUT2D eigenvalue weighted by molar-refractivity contribution is 5.95. The normalized spacial score (nSPS) is 17.3. The highest BCUT2D eigenvalue weighted by Crippen LogP contribution is 2.30. The Morgan fingerprint density at radius 2 is 1.74 bits per heavy atom. The zero-order valence-electron chi connectivity index (χ0n) is 17.9. The molecule has 1 fully saturated rings. The Balaban J connectivity index is 1.36. The van der Waals surface area contributed by atoms with E-state index in [4.69, 9.17) is 4.74 Å². The van der Waals surface area contributed by atoms with Crippen LogP contribution in [0.3, 0.4) is 0 Å². The van der Waals surface area contributed by atoms with E-state index in [1.165, 1.54) is 6.42 Å². The maximum Gasteiger partial charge on any atom is 0.271 e. The van der Waals surface area contributed by atoms with Crippen molar-refractivity contribution in [1.29, 1.82) is 0 Å². The second kappa shape index (κ2) is 10.1. The van der Waals surface area contributed by atoms with Crippen LogP contribution in [0.15, 0.2) is 84.0 Å². The van der Waals surface area contributed by atoms with Crippen LogP contribution in [0.4, 0.5) is 0 Å². The maximum absolute atomic E-state index is 12.4. The van der Waals surface area contributed by atoms with Gasteiger partial charge in [0.1, 0.15) is 12.4 Å². The van der Waals surface area contributed by atoms with Crippen molar-refractivity contribution in [3.05, 3.63) is 90.0 Å². The number of para-hydroxylation sites is 1. The average Bonchev–Trinajstić information content (AvgIpc) is 2.82. The van der Waals surface area contributed by atoms with Gasteiger partial charge in [-0.2, -0.15) is 5.10 Å². The number of carbonyl (C=O) groups is 1. The van der Waals surface area contributed by atoms with E-state index < -0.39 is 0 Å². The number of hydrogen-bond acceptors (Lipinski definition) is 3. The minimum Gasteiger partial charge on any atom is -0.488 e. The third-order valence-corrected chi connectivity index (χ3v) is 5.64. The molecule has 0 radical (unpaired) electrons. The van der Waals surface area contributed by atoms with Gasteiger partial charge < -0.3 is 4.74 Å². The minimum atomic E-state index is -0.174. The number of nitrogens with one attached hydrogen (secondary N) is 1. The molecule has 4 nitrogen and oxygen atoms in total. The van der Waals surface area contributed by atoms with Crippen molar-refractivity contribution in [2.45, 2.75) is 39.2 Å². The van der Waals surface area contributed by atoms with E-state index in [9.17, 15) is 4.79 Å². The highest BCUT2D eigenvalue weighted by atomic mass is 16.5. The van der Waals surface area contributed by atoms with Gasteiger partial charge >= 0.3 is 0 Å². The molecule has 0 saturated heterocycles. The summed E-state index contributed by atoms with van der Waals surface area (Å²) in [5.41, 5.74) is 7.60. The number of benzene rings is 3. The number of ether oxygens (including phenoxy) is 1. The van der Waals surface area contributed by atoms with E-state index in [2.05, 4.69) is 35.7 Å². The molecule has 1 N–H and O–H groups in total. The molecule has 1 saturated carbocycles. The standard InChI is InChI=1S/C27H28N2O2/c1-20-8-7-11-24(18-20)28-29-27(30)23-16-14-21(15-17-23)19-31-26-13-6-5-12-25(26)22-9-3-2-4-10-22/h2-6,9-10,12-17,20H,7-8,11,18-19H2,1H3,(H,29,30)/b28-24-/t20-/m0/s1. The molecule has 1 atom stereocenters. The molecule has 1 amide bonds. The summed E-state index contributed by atoms with van der Waals surface area (Å²) in [5.74, 6) is 1.32. The quantitative estimate of drug-likeness (QED) is 0.488. The van der Waals surface area contributed by atoms with Crippen LogP contribution < -0.4 is 10.2 Å². The largest absolute Gasteiger partial charge is 0.488 e. The average molecular weight is 413 g/mol. The molecule has 1 aliphatic carbocycles. The van der Waals surface area contributed by atoms with Crippen molar-refractivity contribution in [2.24, 2.45) is 11.0 Å². The lowest BCUT2D eigenvalue weighted by Gasteiger charge is -2.18. The van der Waals surface area contributed by atoms with Gasteiger partial charge in [-0.3, -0.25) is 4.79 Å². The number of carbonyl (C=O) groups excluding carboxylic acids is 1. The molecule has 0 aliphatic heterocycles. The van der Waals surface area contributed by atoms with E-state index in [1.54, 1.807) is 0 Å². The first kappa shape index (κ1) is 20.9. The molecule has 0 aromatic heterocycles. The third kappa shape index (κ3) is 5.60. The zero-order chi connectivity index (χ0) is 21.5. The number of rotatable bonds is 6. The van der Waals surface area contributed by atoms with Crippen LogP contribution in [0.5, 0.6) is 5.75 Å². The molecule has 158 valence electrons. The van der Waals surface area contributed by atoms with Gasteiger partial charge in [0, 0.05) is 16.8 Å². The second-order valence-electron chi connectivity index (χ2n) is 8.17. The molecule has 3 aromatic carbocycles. The molecule has 4 heteroatoms. The van der Waals surface area contributed by atoms with Crippen LogP contribution >= 0.6 is 0 Å². The number of nitrogens with zero attached hydrogens (tertiary/aromatic N) is 1. The Morgan fingerprint density at radius 3 is 2.52 bits per heavy atom. The van der Waals surface area contributed by atoms with Crippen LogP contribution in [-0.2, 0) is 6.61 Å². The maximum atomic E-state index is 12.4. The first-order valence-electron chi connectivity index (χ1n) is 10.9. The van der Waals surface area contributed by atoms with Crippen molar-refractivity contribution >= 4 is 11.6 Å². The van der Waals surface area contributed by atoms with Crippen molar-refractivity contribution in [3.63, 3.8) is 0 Å². The summed E-state index contributed by atoms with van der Waals surface area (Å²) in [6.45, 7) is 2.67. The van der Waals surface area contributed by atoms with Gasteiger partial charge in [0.15, 0.2) is 0 Å². The van der Waals surface area contributed by atoms with Crippen LogP contribution in [0.1, 0.15) is 48.5 Å². The Kier molecular flexibility index (Phi) is 6.78. The predicted molar refractivity (Wildman–Crippen MR) is 125 cm³/mol. The lowest BCUT2D eigenvalue weighted by atomic mass is 9.89. The fraction of sp³-hybridized carbons (Fsp3) is 0.259. The Labute approximate surface area is 184 Å². The molecule has 0 heterocycles. The van der Waals surface area contributed by atoms with Gasteiger partial charge in [0.2, 0.25) is 0 Å². The molecule has 4 rings (SSSR count). The van der Waals surface area contributed by atoms with E-state index in [-0.39, 0.29) is 5.91 Å². The fourth-order valence-electron chi connectivity index (χ4n) is 3.92. The molecule has 0 bridgehead atoms. The van der Waals surface area contributed by atoms with Gasteiger partial charge in [0.05, 0.1) is 0 Å². The Hall–Kier alpha value is -3.40. The van der Waals surface area contributed by atoms with Crippen molar-refractivity contribution in [2.75, 3.05) is 0 Å². The van der Waals surface area contributed by atoms with Crippen LogP contribution in [0.25, 0.3) is 11.1 Å². The molecular formula is C27H28N2O2. The smallest absolute Gasteiger partial charge is 0.271 e. The summed E-state index contributed by atoms with van der Waals surface area (Å²) in [4.78, 5) is 12.4. The second-order valence-corrected chi connectivity index (χ2v) is 8.17. The van der Waals surface area contributed by atoms with Gasteiger partial charge in [-0.25, -0.2) is 5.43 Å². The van der Waals surface area contributed by atoms with Gasteiger partial charge in [-0.15, -0.1) is 0 Å². The summed E-state index contributed by atoms with van der Waals surface area (Å²) in [6.07, 6.45) is 4.34. The highest BCUT2D eigenvalue weighted by Gasteiger charge is 2.14. The Morgan fingerprint density at radius 1 is 1.00 bits per heavy atom. The first-order valence-corrected chi connectivity index (χ1v) is 10.9. The zero-order valence-corrected chi connectivity index (χ0v) is 17.9. The molecule has 3 aromatic rings. The molecule has 1 aliphatic rings. The monoisotopic (exact) mass is 412 g/mol. The van der Waals surface area contributed by atoms with Crippen LogP contribution in [0, 0.1) is 5.92 Å². The fourth-order valence-corrected chi connectivity index (χ4v) is 3.92. The summed E-state index contributed by atoms with van der Waals surface area (Å²) < 4.78 is 6.09. The number of hydrazone groups is 1. The molecule has 31 heavy (non-hydrogen) atoms. The molecule has 0 spiro atoms. The first-order chi connectivity index (χ1) is 15.2. The molecular weight excluding hydrogens is 384 g/mol. The van der Waals surface area contributed by atoms with E-state index in [1.807, 2.05) is 60.7 Å². The van der Waals surface area contributed by atoms with Crippen LogP contribution in [-0.4, -0.2) is 11.6 Å². The van der Waals surface area contributed by atoms with E-state index in [0.29, 0.717) is 18.1 Å². The van der Waals surface area contributed by atoms with E-state index in [0.717, 1.165) is 47.4 Å². The number of hydrogen-bond donors (Lipinski definition) is 1. The predicted octanol–water partition coefficient (Wildman–Crippen LogP) is 6.23.